The first kappa shape index (κ1) is 24.6. The summed E-state index contributed by atoms with van der Waals surface area (Å²) >= 11 is 18.5. The number of hydrogen-bond acceptors (Lipinski definition) is 6. The highest BCUT2D eigenvalue weighted by atomic mass is 35.5. The normalized spacial score (nSPS) is 12.1. The Morgan fingerprint density at radius 2 is 1.91 bits per heavy atom. The van der Waals surface area contributed by atoms with Gasteiger partial charge in [-0.25, -0.2) is 0 Å². The average molecular weight is 532 g/mol. The molecule has 0 saturated carbocycles. The highest BCUT2D eigenvalue weighted by Crippen LogP contribution is 2.38. The van der Waals surface area contributed by atoms with Crippen LogP contribution >= 0.6 is 34.8 Å². The number of ether oxygens (including phenoxy) is 4. The van der Waals surface area contributed by atoms with Crippen LogP contribution in [-0.4, -0.2) is 19.8 Å². The molecular formula is C25H17Cl3N2O5. The Bertz CT molecular complexity index is 1370. The van der Waals surface area contributed by atoms with Crippen LogP contribution in [-0.2, 0) is 11.4 Å². The van der Waals surface area contributed by atoms with Crippen molar-refractivity contribution in [2.75, 3.05) is 19.2 Å². The second kappa shape index (κ2) is 10.8. The summed E-state index contributed by atoms with van der Waals surface area (Å²) in [7, 11) is 1.46. The number of carbonyl (C=O) groups excluding carboxylic acids is 1. The summed E-state index contributed by atoms with van der Waals surface area (Å²) in [5.74, 6) is 1.31. The van der Waals surface area contributed by atoms with Crippen LogP contribution in [0.4, 0.5) is 5.69 Å². The fourth-order valence-corrected chi connectivity index (χ4v) is 3.88. The molecule has 1 aliphatic heterocycles. The smallest absolute Gasteiger partial charge is 0.266 e. The van der Waals surface area contributed by atoms with Crippen LogP contribution < -0.4 is 24.3 Å². The molecule has 7 nitrogen and oxygen atoms in total. The predicted octanol–water partition coefficient (Wildman–Crippen LogP) is 6.51. The van der Waals surface area contributed by atoms with Crippen LogP contribution in [0.15, 0.2) is 54.1 Å². The Labute approximate surface area is 216 Å². The van der Waals surface area contributed by atoms with Gasteiger partial charge in [-0.2, -0.15) is 5.26 Å². The fourth-order valence-electron chi connectivity index (χ4n) is 3.25. The van der Waals surface area contributed by atoms with Gasteiger partial charge in [0.1, 0.15) is 18.2 Å². The molecule has 0 saturated heterocycles. The number of benzene rings is 3. The van der Waals surface area contributed by atoms with Gasteiger partial charge < -0.3 is 24.3 Å². The van der Waals surface area contributed by atoms with Gasteiger partial charge in [0.15, 0.2) is 23.0 Å². The van der Waals surface area contributed by atoms with Crippen LogP contribution in [0, 0.1) is 11.3 Å². The Kier molecular flexibility index (Phi) is 7.57. The van der Waals surface area contributed by atoms with Crippen LogP contribution in [0.3, 0.4) is 0 Å². The summed E-state index contributed by atoms with van der Waals surface area (Å²) in [6.07, 6.45) is 1.38. The lowest BCUT2D eigenvalue weighted by Gasteiger charge is -2.14. The van der Waals surface area contributed by atoms with Crippen molar-refractivity contribution >= 4 is 52.5 Å². The number of amides is 1. The van der Waals surface area contributed by atoms with Crippen LogP contribution in [0.1, 0.15) is 11.1 Å². The summed E-state index contributed by atoms with van der Waals surface area (Å²) in [5, 5.41) is 12.8. The molecule has 0 unspecified atom stereocenters. The molecule has 3 aromatic rings. The van der Waals surface area contributed by atoms with E-state index in [0.29, 0.717) is 28.6 Å². The molecule has 0 atom stereocenters. The van der Waals surface area contributed by atoms with E-state index >= 15 is 0 Å². The van der Waals surface area contributed by atoms with Gasteiger partial charge in [-0.1, -0.05) is 46.9 Å². The number of hydrogen-bond donors (Lipinski definition) is 1. The molecule has 35 heavy (non-hydrogen) atoms. The van der Waals surface area contributed by atoms with Crippen molar-refractivity contribution < 1.29 is 23.7 Å². The van der Waals surface area contributed by atoms with E-state index in [1.54, 1.807) is 36.4 Å². The predicted molar refractivity (Wildman–Crippen MR) is 134 cm³/mol. The largest absolute Gasteiger partial charge is 0.493 e. The zero-order valence-electron chi connectivity index (χ0n) is 18.2. The molecule has 178 valence electrons. The maximum absolute atomic E-state index is 12.6. The van der Waals surface area contributed by atoms with Crippen molar-refractivity contribution in [3.05, 3.63) is 80.3 Å². The van der Waals surface area contributed by atoms with Crippen LogP contribution in [0.2, 0.25) is 15.1 Å². The molecule has 1 amide bonds. The molecule has 1 N–H and O–H groups in total. The Morgan fingerprint density at radius 1 is 1.11 bits per heavy atom. The minimum atomic E-state index is -0.658. The molecule has 0 aromatic heterocycles. The van der Waals surface area contributed by atoms with E-state index in [0.717, 1.165) is 5.56 Å². The van der Waals surface area contributed by atoms with E-state index in [1.165, 1.54) is 13.2 Å². The second-order valence-corrected chi connectivity index (χ2v) is 8.43. The molecule has 0 fully saturated rings. The molecule has 0 aliphatic carbocycles. The quantitative estimate of drug-likeness (QED) is 0.276. The monoisotopic (exact) mass is 530 g/mol. The zero-order valence-corrected chi connectivity index (χ0v) is 20.5. The number of nitrogens with one attached hydrogen (secondary N) is 1. The maximum Gasteiger partial charge on any atom is 0.266 e. The number of anilines is 1. The first-order chi connectivity index (χ1) is 16.9. The van der Waals surface area contributed by atoms with Gasteiger partial charge >= 0.3 is 0 Å². The molecule has 1 heterocycles. The molecule has 10 heteroatoms. The van der Waals surface area contributed by atoms with Gasteiger partial charge in [0.25, 0.3) is 5.91 Å². The fraction of sp³-hybridized carbons (Fsp3) is 0.120. The minimum Gasteiger partial charge on any atom is -0.493 e. The number of carbonyl (C=O) groups is 1. The Morgan fingerprint density at radius 3 is 2.69 bits per heavy atom. The summed E-state index contributed by atoms with van der Waals surface area (Å²) in [6, 6.07) is 15.3. The first-order valence-corrected chi connectivity index (χ1v) is 11.3. The van der Waals surface area contributed by atoms with Crippen molar-refractivity contribution in [3.8, 4) is 29.1 Å². The molecule has 0 spiro atoms. The Balaban J connectivity index is 1.53. The van der Waals surface area contributed by atoms with E-state index in [9.17, 15) is 10.1 Å². The van der Waals surface area contributed by atoms with E-state index in [4.69, 9.17) is 53.8 Å². The molecular weight excluding hydrogens is 515 g/mol. The third kappa shape index (κ3) is 5.57. The first-order valence-electron chi connectivity index (χ1n) is 10.2. The van der Waals surface area contributed by atoms with Gasteiger partial charge in [0.2, 0.25) is 6.79 Å². The van der Waals surface area contributed by atoms with Crippen molar-refractivity contribution in [1.82, 2.24) is 0 Å². The topological polar surface area (TPSA) is 89.8 Å². The summed E-state index contributed by atoms with van der Waals surface area (Å²) < 4.78 is 22.0. The molecule has 1 aliphatic rings. The molecule has 0 radical (unpaired) electrons. The maximum atomic E-state index is 12.6. The van der Waals surface area contributed by atoms with E-state index in [2.05, 4.69) is 5.32 Å². The van der Waals surface area contributed by atoms with E-state index < -0.39 is 5.91 Å². The van der Waals surface area contributed by atoms with Crippen molar-refractivity contribution in [2.45, 2.75) is 6.61 Å². The summed E-state index contributed by atoms with van der Waals surface area (Å²) in [6.45, 7) is 0.386. The van der Waals surface area contributed by atoms with Crippen molar-refractivity contribution in [3.63, 3.8) is 0 Å². The lowest BCUT2D eigenvalue weighted by Crippen LogP contribution is -2.13. The zero-order chi connectivity index (χ0) is 24.9. The lowest BCUT2D eigenvalue weighted by atomic mass is 10.1. The van der Waals surface area contributed by atoms with Gasteiger partial charge in [-0.15, -0.1) is 0 Å². The highest BCUT2D eigenvalue weighted by Gasteiger charge is 2.17. The molecule has 3 aromatic carbocycles. The third-order valence-corrected chi connectivity index (χ3v) is 6.05. The van der Waals surface area contributed by atoms with E-state index in [-0.39, 0.29) is 39.7 Å². The number of methoxy groups -OCH3 is 1. The average Bonchev–Trinajstić information content (AvgIpc) is 3.32. The minimum absolute atomic E-state index is 0.173. The summed E-state index contributed by atoms with van der Waals surface area (Å²) in [5.41, 5.74) is 1.42. The second-order valence-electron chi connectivity index (χ2n) is 7.24. The number of halogens is 3. The van der Waals surface area contributed by atoms with Crippen LogP contribution in [0.5, 0.6) is 23.0 Å². The van der Waals surface area contributed by atoms with E-state index in [1.807, 2.05) is 18.2 Å². The number of nitriles is 1. The van der Waals surface area contributed by atoms with Crippen LogP contribution in [0.25, 0.3) is 6.08 Å². The number of fused-ring (bicyclic) bond motifs is 1. The molecule has 0 bridgehead atoms. The Hall–Kier alpha value is -3.57. The highest BCUT2D eigenvalue weighted by molar-refractivity contribution is 6.44. The van der Waals surface area contributed by atoms with Crippen molar-refractivity contribution in [2.24, 2.45) is 0 Å². The number of nitrogens with zero attached hydrogens (tertiary/aromatic N) is 1. The van der Waals surface area contributed by atoms with Gasteiger partial charge in [0.05, 0.1) is 27.9 Å². The van der Waals surface area contributed by atoms with Gasteiger partial charge in [0, 0.05) is 0 Å². The number of rotatable bonds is 7. The summed E-state index contributed by atoms with van der Waals surface area (Å²) in [4.78, 5) is 12.6. The standard InChI is InChI=1S/C25H17Cl3N2O5/c1-32-22-10-15(7-16(11-29)25(31)30-19-4-2-3-17(26)23(19)28)8-18(27)24(22)33-12-14-5-6-20-21(9-14)35-13-34-20/h2-10H,12-13H2,1H3,(H,30,31)/b16-7-. The molecule has 4 rings (SSSR count). The third-order valence-electron chi connectivity index (χ3n) is 4.95. The van der Waals surface area contributed by atoms with Gasteiger partial charge in [-0.3, -0.25) is 4.79 Å². The van der Waals surface area contributed by atoms with Gasteiger partial charge in [-0.05, 0) is 53.6 Å². The SMILES string of the molecule is COc1cc(/C=C(/C#N)C(=O)Nc2cccc(Cl)c2Cl)cc(Cl)c1OCc1ccc2c(c1)OCO2. The van der Waals surface area contributed by atoms with Crippen molar-refractivity contribution in [1.29, 1.82) is 5.26 Å². The lowest BCUT2D eigenvalue weighted by molar-refractivity contribution is -0.112.